The summed E-state index contributed by atoms with van der Waals surface area (Å²) in [6, 6.07) is 0. The van der Waals surface area contributed by atoms with Gasteiger partial charge in [-0.1, -0.05) is 19.8 Å². The van der Waals surface area contributed by atoms with Crippen molar-refractivity contribution in [2.75, 3.05) is 33.7 Å². The minimum Gasteiger partial charge on any atom is -0.357 e. The summed E-state index contributed by atoms with van der Waals surface area (Å²) in [5.74, 6) is 0.934. The number of guanidine groups is 1. The summed E-state index contributed by atoms with van der Waals surface area (Å²) in [4.78, 5) is 6.86. The van der Waals surface area contributed by atoms with Gasteiger partial charge in [-0.3, -0.25) is 4.99 Å². The van der Waals surface area contributed by atoms with Crippen molar-refractivity contribution >= 4 is 5.96 Å². The molecule has 0 radical (unpaired) electrons. The van der Waals surface area contributed by atoms with Crippen molar-refractivity contribution in [3.8, 4) is 0 Å². The van der Waals surface area contributed by atoms with Crippen LogP contribution in [0.5, 0.6) is 0 Å². The van der Waals surface area contributed by atoms with E-state index in [-0.39, 0.29) is 5.54 Å². The van der Waals surface area contributed by atoms with Crippen LogP contribution in [-0.2, 0) is 0 Å². The molecule has 0 atom stereocenters. The monoisotopic (exact) mass is 256 g/mol. The summed E-state index contributed by atoms with van der Waals surface area (Å²) < 4.78 is 0. The molecule has 108 valence electrons. The number of nitrogens with one attached hydrogen (secondary N) is 2. The van der Waals surface area contributed by atoms with Crippen LogP contribution in [0.2, 0.25) is 0 Å². The average molecular weight is 256 g/mol. The van der Waals surface area contributed by atoms with Crippen LogP contribution in [0, 0.1) is 0 Å². The molecule has 0 unspecified atom stereocenters. The first kappa shape index (κ1) is 17.2. The van der Waals surface area contributed by atoms with Crippen molar-refractivity contribution in [3.05, 3.63) is 0 Å². The molecule has 0 aromatic heterocycles. The zero-order chi connectivity index (χ0) is 14.0. The Morgan fingerprint density at radius 3 is 2.28 bits per heavy atom. The van der Waals surface area contributed by atoms with Gasteiger partial charge in [-0.25, -0.2) is 0 Å². The van der Waals surface area contributed by atoms with E-state index in [2.05, 4.69) is 62.3 Å². The first-order chi connectivity index (χ1) is 8.44. The van der Waals surface area contributed by atoms with Gasteiger partial charge in [-0.05, 0) is 41.3 Å². The van der Waals surface area contributed by atoms with Gasteiger partial charge in [0.05, 0.1) is 6.54 Å². The minimum absolute atomic E-state index is 0.0891. The molecule has 0 spiro atoms. The van der Waals surface area contributed by atoms with E-state index < -0.39 is 0 Å². The highest BCUT2D eigenvalue weighted by Gasteiger charge is 2.19. The van der Waals surface area contributed by atoms with Crippen LogP contribution < -0.4 is 10.6 Å². The van der Waals surface area contributed by atoms with Crippen molar-refractivity contribution in [1.29, 1.82) is 0 Å². The third-order valence-corrected chi connectivity index (χ3v) is 3.25. The zero-order valence-corrected chi connectivity index (χ0v) is 13.1. The SMILES string of the molecule is CCCCCNC(=NCC(C)(C)N(C)C)NCC. The van der Waals surface area contributed by atoms with E-state index in [1.165, 1.54) is 19.3 Å². The lowest BCUT2D eigenvalue weighted by Crippen LogP contribution is -2.43. The molecule has 0 aromatic rings. The standard InChI is InChI=1S/C14H32N4/c1-7-9-10-11-16-13(15-8-2)17-12-14(3,4)18(5)6/h7-12H2,1-6H3,(H2,15,16,17). The summed E-state index contributed by atoms with van der Waals surface area (Å²) in [5, 5.41) is 6.68. The fraction of sp³-hybridized carbons (Fsp3) is 0.929. The van der Waals surface area contributed by atoms with Gasteiger partial charge in [0.2, 0.25) is 0 Å². The number of likely N-dealkylation sites (N-methyl/N-ethyl adjacent to an activating group) is 1. The number of rotatable bonds is 8. The highest BCUT2D eigenvalue weighted by molar-refractivity contribution is 5.79. The van der Waals surface area contributed by atoms with Crippen molar-refractivity contribution in [2.24, 2.45) is 4.99 Å². The highest BCUT2D eigenvalue weighted by atomic mass is 15.2. The van der Waals surface area contributed by atoms with Crippen LogP contribution in [0.4, 0.5) is 0 Å². The summed E-state index contributed by atoms with van der Waals surface area (Å²) in [7, 11) is 4.19. The number of aliphatic imine (C=N–C) groups is 1. The Morgan fingerprint density at radius 2 is 1.78 bits per heavy atom. The summed E-state index contributed by atoms with van der Waals surface area (Å²) in [6.45, 7) is 11.4. The molecule has 0 saturated carbocycles. The Balaban J connectivity index is 4.22. The molecule has 0 aliphatic carbocycles. The first-order valence-corrected chi connectivity index (χ1v) is 7.13. The Hall–Kier alpha value is -0.770. The van der Waals surface area contributed by atoms with Gasteiger partial charge in [0, 0.05) is 18.6 Å². The molecular weight excluding hydrogens is 224 g/mol. The molecule has 0 aliphatic rings. The lowest BCUT2D eigenvalue weighted by Gasteiger charge is -2.31. The molecule has 18 heavy (non-hydrogen) atoms. The average Bonchev–Trinajstić information content (AvgIpc) is 2.31. The van der Waals surface area contributed by atoms with Crippen LogP contribution in [0.3, 0.4) is 0 Å². The Kier molecular flexibility index (Phi) is 8.81. The van der Waals surface area contributed by atoms with Gasteiger partial charge in [0.15, 0.2) is 5.96 Å². The molecule has 0 amide bonds. The van der Waals surface area contributed by atoms with Crippen molar-refractivity contribution in [3.63, 3.8) is 0 Å². The van der Waals surface area contributed by atoms with E-state index in [1.807, 2.05) is 0 Å². The van der Waals surface area contributed by atoms with E-state index in [4.69, 9.17) is 0 Å². The van der Waals surface area contributed by atoms with Crippen molar-refractivity contribution in [2.45, 2.75) is 52.5 Å². The summed E-state index contributed by atoms with van der Waals surface area (Å²) in [5.41, 5.74) is 0.0891. The van der Waals surface area contributed by atoms with E-state index in [0.717, 1.165) is 25.6 Å². The molecule has 0 aromatic carbocycles. The fourth-order valence-electron chi connectivity index (χ4n) is 1.34. The van der Waals surface area contributed by atoms with Crippen LogP contribution >= 0.6 is 0 Å². The summed E-state index contributed by atoms with van der Waals surface area (Å²) in [6.07, 6.45) is 3.73. The van der Waals surface area contributed by atoms with Gasteiger partial charge < -0.3 is 15.5 Å². The third kappa shape index (κ3) is 7.54. The van der Waals surface area contributed by atoms with Crippen molar-refractivity contribution < 1.29 is 0 Å². The van der Waals surface area contributed by atoms with E-state index in [1.54, 1.807) is 0 Å². The first-order valence-electron chi connectivity index (χ1n) is 7.13. The topological polar surface area (TPSA) is 39.7 Å². The van der Waals surface area contributed by atoms with Crippen LogP contribution in [0.15, 0.2) is 4.99 Å². The van der Waals surface area contributed by atoms with Gasteiger partial charge in [-0.2, -0.15) is 0 Å². The minimum atomic E-state index is 0.0891. The van der Waals surface area contributed by atoms with E-state index in [9.17, 15) is 0 Å². The second-order valence-electron chi connectivity index (χ2n) is 5.54. The maximum atomic E-state index is 4.66. The predicted molar refractivity (Wildman–Crippen MR) is 81.3 cm³/mol. The second kappa shape index (κ2) is 9.20. The molecule has 0 rings (SSSR count). The molecule has 4 heteroatoms. The molecule has 2 N–H and O–H groups in total. The maximum Gasteiger partial charge on any atom is 0.191 e. The third-order valence-electron chi connectivity index (χ3n) is 3.25. The van der Waals surface area contributed by atoms with Gasteiger partial charge in [0.25, 0.3) is 0 Å². The smallest absolute Gasteiger partial charge is 0.191 e. The van der Waals surface area contributed by atoms with Crippen molar-refractivity contribution in [1.82, 2.24) is 15.5 Å². The molecular formula is C14H32N4. The van der Waals surface area contributed by atoms with Gasteiger partial charge in [0.1, 0.15) is 0 Å². The molecule has 0 bridgehead atoms. The van der Waals surface area contributed by atoms with Gasteiger partial charge in [-0.15, -0.1) is 0 Å². The maximum absolute atomic E-state index is 4.66. The largest absolute Gasteiger partial charge is 0.357 e. The predicted octanol–water partition coefficient (Wildman–Crippen LogP) is 2.07. The van der Waals surface area contributed by atoms with Gasteiger partial charge >= 0.3 is 0 Å². The molecule has 0 saturated heterocycles. The normalized spacial score (nSPS) is 12.9. The molecule has 4 nitrogen and oxygen atoms in total. The zero-order valence-electron chi connectivity index (χ0n) is 13.1. The molecule has 0 fully saturated rings. The quantitative estimate of drug-likeness (QED) is 0.397. The van der Waals surface area contributed by atoms with E-state index >= 15 is 0 Å². The number of unbranched alkanes of at least 4 members (excludes halogenated alkanes) is 2. The number of nitrogens with zero attached hydrogens (tertiary/aromatic N) is 2. The Bertz CT molecular complexity index is 234. The summed E-state index contributed by atoms with van der Waals surface area (Å²) >= 11 is 0. The van der Waals surface area contributed by atoms with Crippen LogP contribution in [0.25, 0.3) is 0 Å². The number of hydrogen-bond donors (Lipinski definition) is 2. The second-order valence-corrected chi connectivity index (χ2v) is 5.54. The molecule has 0 aliphatic heterocycles. The highest BCUT2D eigenvalue weighted by Crippen LogP contribution is 2.09. The van der Waals surface area contributed by atoms with E-state index in [0.29, 0.717) is 0 Å². The van der Waals surface area contributed by atoms with Crippen LogP contribution in [-0.4, -0.2) is 50.1 Å². The lowest BCUT2D eigenvalue weighted by atomic mass is 10.1. The Morgan fingerprint density at radius 1 is 1.11 bits per heavy atom. The molecule has 0 heterocycles. The van der Waals surface area contributed by atoms with Crippen LogP contribution in [0.1, 0.15) is 47.0 Å². The lowest BCUT2D eigenvalue weighted by molar-refractivity contribution is 0.204. The Labute approximate surface area is 113 Å². The number of hydrogen-bond acceptors (Lipinski definition) is 2. The fourth-order valence-corrected chi connectivity index (χ4v) is 1.34.